The highest BCUT2D eigenvalue weighted by atomic mass is 35.5. The Morgan fingerprint density at radius 2 is 2.19 bits per heavy atom. The minimum Gasteiger partial charge on any atom is -0.383 e. The summed E-state index contributed by atoms with van der Waals surface area (Å²) in [4.78, 5) is 17.5. The molecule has 0 bridgehead atoms. The summed E-state index contributed by atoms with van der Waals surface area (Å²) in [5.74, 6) is 0.412. The molecule has 0 atom stereocenters. The molecule has 4 rings (SSSR count). The molecule has 1 aromatic heterocycles. The van der Waals surface area contributed by atoms with E-state index in [2.05, 4.69) is 11.8 Å². The molecule has 168 valence electrons. The molecule has 0 saturated heterocycles. The molecule has 31 heavy (non-hydrogen) atoms. The van der Waals surface area contributed by atoms with Crippen molar-refractivity contribution in [3.05, 3.63) is 46.2 Å². The summed E-state index contributed by atoms with van der Waals surface area (Å²) < 4.78 is 7.34. The number of ether oxygens (including phenoxy) is 1. The van der Waals surface area contributed by atoms with Gasteiger partial charge in [0.1, 0.15) is 0 Å². The Balaban J connectivity index is 1.67. The molecule has 0 spiro atoms. The van der Waals surface area contributed by atoms with E-state index in [4.69, 9.17) is 21.4 Å². The van der Waals surface area contributed by atoms with Crippen LogP contribution in [-0.2, 0) is 29.0 Å². The number of hydrogen-bond donors (Lipinski definition) is 0. The van der Waals surface area contributed by atoms with Gasteiger partial charge in [-0.15, -0.1) is 0 Å². The molecule has 0 N–H and O–H groups in total. The molecular weight excluding hydrogens is 412 g/mol. The van der Waals surface area contributed by atoms with Gasteiger partial charge in [0.15, 0.2) is 0 Å². The third-order valence-electron chi connectivity index (χ3n) is 6.48. The van der Waals surface area contributed by atoms with E-state index in [1.165, 1.54) is 11.3 Å². The Hall–Kier alpha value is -1.89. The molecule has 1 aliphatic carbocycles. The van der Waals surface area contributed by atoms with Gasteiger partial charge in [0.25, 0.3) is 0 Å². The van der Waals surface area contributed by atoms with Crippen LogP contribution in [0, 0.1) is 5.92 Å². The van der Waals surface area contributed by atoms with Gasteiger partial charge in [0, 0.05) is 49.7 Å². The lowest BCUT2D eigenvalue weighted by atomic mass is 9.84. The normalized spacial score (nSPS) is 16.7. The van der Waals surface area contributed by atoms with Gasteiger partial charge < -0.3 is 9.64 Å². The van der Waals surface area contributed by atoms with Gasteiger partial charge in [-0.3, -0.25) is 9.69 Å². The molecule has 0 radical (unpaired) electrons. The molecule has 1 aliphatic heterocycles. The number of carbonyl (C=O) groups is 1. The van der Waals surface area contributed by atoms with Gasteiger partial charge in [0.2, 0.25) is 5.91 Å². The topological polar surface area (TPSA) is 50.6 Å². The summed E-state index contributed by atoms with van der Waals surface area (Å²) >= 11 is 6.27. The minimum absolute atomic E-state index is 0.166. The molecule has 7 heteroatoms. The Labute approximate surface area is 190 Å². The highest BCUT2D eigenvalue weighted by molar-refractivity contribution is 6.30. The molecule has 1 aromatic carbocycles. The number of benzene rings is 1. The highest BCUT2D eigenvalue weighted by Crippen LogP contribution is 2.31. The van der Waals surface area contributed by atoms with Crippen molar-refractivity contribution in [3.8, 4) is 5.69 Å². The van der Waals surface area contributed by atoms with Crippen molar-refractivity contribution in [1.29, 1.82) is 0 Å². The zero-order chi connectivity index (χ0) is 21.8. The molecule has 6 nitrogen and oxygen atoms in total. The minimum atomic E-state index is 0.166. The van der Waals surface area contributed by atoms with Crippen LogP contribution in [0.2, 0.25) is 5.02 Å². The number of halogens is 1. The fraction of sp³-hybridized carbons (Fsp3) is 0.583. The quantitative estimate of drug-likeness (QED) is 0.585. The van der Waals surface area contributed by atoms with E-state index < -0.39 is 0 Å². The first kappa shape index (κ1) is 22.3. The van der Waals surface area contributed by atoms with Crippen molar-refractivity contribution >= 4 is 17.5 Å². The first-order valence-electron chi connectivity index (χ1n) is 11.5. The van der Waals surface area contributed by atoms with Gasteiger partial charge in [-0.1, -0.05) is 31.0 Å². The number of fused-ring (bicyclic) bond motifs is 1. The van der Waals surface area contributed by atoms with Crippen molar-refractivity contribution in [3.63, 3.8) is 0 Å². The number of nitrogens with zero attached hydrogens (tertiary/aromatic N) is 4. The Kier molecular flexibility index (Phi) is 7.31. The van der Waals surface area contributed by atoms with Crippen molar-refractivity contribution in [2.75, 3.05) is 33.4 Å². The van der Waals surface area contributed by atoms with E-state index in [9.17, 15) is 4.79 Å². The third-order valence-corrected chi connectivity index (χ3v) is 6.72. The average molecular weight is 445 g/mol. The zero-order valence-corrected chi connectivity index (χ0v) is 19.4. The predicted molar refractivity (Wildman–Crippen MR) is 122 cm³/mol. The lowest BCUT2D eigenvalue weighted by Crippen LogP contribution is -2.40. The second kappa shape index (κ2) is 10.2. The Morgan fingerprint density at radius 1 is 1.35 bits per heavy atom. The summed E-state index contributed by atoms with van der Waals surface area (Å²) in [6.45, 7) is 6.89. The number of carbonyl (C=O) groups excluding carboxylic acids is 1. The van der Waals surface area contributed by atoms with Crippen LogP contribution < -0.4 is 0 Å². The second-order valence-corrected chi connectivity index (χ2v) is 9.11. The number of amides is 1. The Morgan fingerprint density at radius 3 is 2.87 bits per heavy atom. The SMILES string of the molecule is CCCN1CCc2c(c(CN(CCOC)C(=O)C3CCC3)nn2-c2cccc(Cl)c2)C1. The lowest BCUT2D eigenvalue weighted by Gasteiger charge is -2.32. The molecule has 1 fully saturated rings. The third kappa shape index (κ3) is 4.97. The van der Waals surface area contributed by atoms with E-state index >= 15 is 0 Å². The van der Waals surface area contributed by atoms with E-state index in [0.717, 1.165) is 63.1 Å². The maximum absolute atomic E-state index is 13.1. The molecule has 1 saturated carbocycles. The summed E-state index contributed by atoms with van der Waals surface area (Å²) in [5.41, 5.74) is 4.49. The van der Waals surface area contributed by atoms with E-state index in [1.807, 2.05) is 33.8 Å². The van der Waals surface area contributed by atoms with Crippen LogP contribution in [0.1, 0.15) is 49.6 Å². The summed E-state index contributed by atoms with van der Waals surface area (Å²) in [6.07, 6.45) is 5.24. The van der Waals surface area contributed by atoms with E-state index in [0.29, 0.717) is 24.7 Å². The molecule has 1 amide bonds. The van der Waals surface area contributed by atoms with E-state index in [1.54, 1.807) is 7.11 Å². The van der Waals surface area contributed by atoms with Crippen LogP contribution in [0.15, 0.2) is 24.3 Å². The van der Waals surface area contributed by atoms with Crippen molar-refractivity contribution in [1.82, 2.24) is 19.6 Å². The van der Waals surface area contributed by atoms with E-state index in [-0.39, 0.29) is 11.8 Å². The van der Waals surface area contributed by atoms with Crippen LogP contribution in [0.5, 0.6) is 0 Å². The van der Waals surface area contributed by atoms with Crippen LogP contribution in [0.3, 0.4) is 0 Å². The van der Waals surface area contributed by atoms with Gasteiger partial charge in [0.05, 0.1) is 30.2 Å². The molecule has 0 unspecified atom stereocenters. The summed E-state index contributed by atoms with van der Waals surface area (Å²) in [5, 5.41) is 5.73. The largest absolute Gasteiger partial charge is 0.383 e. The van der Waals surface area contributed by atoms with Crippen LogP contribution in [0.4, 0.5) is 0 Å². The number of methoxy groups -OCH3 is 1. The average Bonchev–Trinajstić information content (AvgIpc) is 3.08. The van der Waals surface area contributed by atoms with Gasteiger partial charge >= 0.3 is 0 Å². The van der Waals surface area contributed by atoms with Crippen molar-refractivity contribution in [2.24, 2.45) is 5.92 Å². The van der Waals surface area contributed by atoms with Gasteiger partial charge in [-0.05, 0) is 44.0 Å². The first-order valence-corrected chi connectivity index (χ1v) is 11.8. The molecule has 2 heterocycles. The fourth-order valence-corrected chi connectivity index (χ4v) is 4.74. The smallest absolute Gasteiger partial charge is 0.226 e. The summed E-state index contributed by atoms with van der Waals surface area (Å²) in [6, 6.07) is 7.85. The Bertz CT molecular complexity index is 909. The maximum Gasteiger partial charge on any atom is 0.226 e. The van der Waals surface area contributed by atoms with Crippen LogP contribution in [0.25, 0.3) is 5.69 Å². The number of hydrogen-bond acceptors (Lipinski definition) is 4. The molecule has 2 aliphatic rings. The standard InChI is InChI=1S/C24H33ClN4O2/c1-3-11-27-12-10-23-21(16-27)22(26-29(23)20-9-5-8-19(25)15-20)17-28(13-14-31-2)24(30)18-6-4-7-18/h5,8-9,15,18H,3-4,6-7,10-14,16-17H2,1-2H3. The molecular formula is C24H33ClN4O2. The van der Waals surface area contributed by atoms with Gasteiger partial charge in [-0.2, -0.15) is 5.10 Å². The highest BCUT2D eigenvalue weighted by Gasteiger charge is 2.32. The van der Waals surface area contributed by atoms with Crippen molar-refractivity contribution < 1.29 is 9.53 Å². The van der Waals surface area contributed by atoms with Crippen molar-refractivity contribution in [2.45, 2.75) is 52.1 Å². The monoisotopic (exact) mass is 444 g/mol. The predicted octanol–water partition coefficient (Wildman–Crippen LogP) is 4.07. The summed E-state index contributed by atoms with van der Waals surface area (Å²) in [7, 11) is 1.68. The van der Waals surface area contributed by atoms with Crippen LogP contribution >= 0.6 is 11.6 Å². The molecule has 2 aromatic rings. The van der Waals surface area contributed by atoms with Gasteiger partial charge in [-0.25, -0.2) is 4.68 Å². The number of aromatic nitrogens is 2. The first-order chi connectivity index (χ1) is 15.1. The zero-order valence-electron chi connectivity index (χ0n) is 18.6. The second-order valence-electron chi connectivity index (χ2n) is 8.67. The lowest BCUT2D eigenvalue weighted by molar-refractivity contribution is -0.139. The maximum atomic E-state index is 13.1. The fourth-order valence-electron chi connectivity index (χ4n) is 4.56. The van der Waals surface area contributed by atoms with Crippen LogP contribution in [-0.4, -0.2) is 58.8 Å². The number of rotatable bonds is 9.